The molecule has 26 heavy (non-hydrogen) atoms. The summed E-state index contributed by atoms with van der Waals surface area (Å²) in [5.41, 5.74) is 1.03. The van der Waals surface area contributed by atoms with Crippen molar-refractivity contribution in [3.63, 3.8) is 0 Å². The number of carbonyl (C=O) groups excluding carboxylic acids is 1. The number of rotatable bonds is 6. The maximum Gasteiger partial charge on any atom is 0.264 e. The third kappa shape index (κ3) is 3.55. The van der Waals surface area contributed by atoms with Crippen LogP contribution in [0.5, 0.6) is 0 Å². The molecule has 0 aromatic carbocycles. The van der Waals surface area contributed by atoms with Gasteiger partial charge in [-0.05, 0) is 32.8 Å². The van der Waals surface area contributed by atoms with Crippen molar-refractivity contribution < 1.29 is 9.69 Å². The quantitative estimate of drug-likeness (QED) is 0.832. The van der Waals surface area contributed by atoms with E-state index in [1.165, 1.54) is 24.3 Å². The predicted octanol–water partition coefficient (Wildman–Crippen LogP) is 1.60. The van der Waals surface area contributed by atoms with Gasteiger partial charge in [0.2, 0.25) is 0 Å². The molecule has 0 saturated carbocycles. The minimum absolute atomic E-state index is 0.159. The first-order valence-electron chi connectivity index (χ1n) is 9.72. The number of quaternary nitrogens is 1. The number of thiophene rings is 1. The summed E-state index contributed by atoms with van der Waals surface area (Å²) in [5, 5.41) is 1.04. The van der Waals surface area contributed by atoms with Crippen molar-refractivity contribution in [1.29, 1.82) is 0 Å². The van der Waals surface area contributed by atoms with Gasteiger partial charge in [0.1, 0.15) is 17.0 Å². The van der Waals surface area contributed by atoms with Crippen molar-refractivity contribution in [1.82, 2.24) is 14.9 Å². The van der Waals surface area contributed by atoms with E-state index >= 15 is 0 Å². The molecule has 2 aromatic rings. The highest BCUT2D eigenvalue weighted by Gasteiger charge is 2.28. The summed E-state index contributed by atoms with van der Waals surface area (Å²) in [6, 6.07) is 0. The Balaban J connectivity index is 1.88. The van der Waals surface area contributed by atoms with Crippen molar-refractivity contribution in [2.45, 2.75) is 34.1 Å². The zero-order valence-electron chi connectivity index (χ0n) is 16.3. The van der Waals surface area contributed by atoms with E-state index in [4.69, 9.17) is 0 Å². The second-order valence-electron chi connectivity index (χ2n) is 6.90. The number of fused-ring (bicyclic) bond motifs is 1. The monoisotopic (exact) mass is 376 g/mol. The molecule has 2 aromatic heterocycles. The first-order chi connectivity index (χ1) is 12.6. The summed E-state index contributed by atoms with van der Waals surface area (Å²) in [7, 11) is 0. The lowest BCUT2D eigenvalue weighted by molar-refractivity contribution is -0.904. The molecule has 0 bridgehead atoms. The molecule has 142 valence electrons. The highest BCUT2D eigenvalue weighted by atomic mass is 32.1. The van der Waals surface area contributed by atoms with E-state index in [0.29, 0.717) is 0 Å². The normalized spacial score (nSPS) is 15.6. The van der Waals surface area contributed by atoms with Gasteiger partial charge in [-0.25, -0.2) is 9.97 Å². The Bertz CT molecular complexity index is 763. The summed E-state index contributed by atoms with van der Waals surface area (Å²) < 4.78 is 0. The van der Waals surface area contributed by atoms with Crippen LogP contribution in [-0.4, -0.2) is 66.6 Å². The summed E-state index contributed by atoms with van der Waals surface area (Å²) in [6.45, 7) is 15.3. The summed E-state index contributed by atoms with van der Waals surface area (Å²) >= 11 is 1.51. The van der Waals surface area contributed by atoms with Crippen LogP contribution in [0.2, 0.25) is 0 Å². The van der Waals surface area contributed by atoms with Crippen LogP contribution in [-0.2, 0) is 0 Å². The first kappa shape index (κ1) is 19.0. The molecule has 7 heteroatoms. The molecule has 1 N–H and O–H groups in total. The van der Waals surface area contributed by atoms with Crippen LogP contribution in [0.3, 0.4) is 0 Å². The van der Waals surface area contributed by atoms with Gasteiger partial charge in [0, 0.05) is 13.1 Å². The van der Waals surface area contributed by atoms with E-state index in [9.17, 15) is 4.79 Å². The van der Waals surface area contributed by atoms with Crippen LogP contribution < -0.4 is 9.80 Å². The smallest absolute Gasteiger partial charge is 0.264 e. The fraction of sp³-hybridized carbons (Fsp3) is 0.632. The van der Waals surface area contributed by atoms with Gasteiger partial charge in [0.05, 0.1) is 43.0 Å². The Morgan fingerprint density at radius 3 is 2.54 bits per heavy atom. The standard InChI is InChI=1S/C19H29N5OS/c1-5-8-22-9-11-24(12-10-22)19(25)16-14(4)15-17(23(6-2)7-3)20-13-21-18(15)26-16/h13H,5-12H2,1-4H3/p+1. The maximum absolute atomic E-state index is 13.1. The summed E-state index contributed by atoms with van der Waals surface area (Å²) in [4.78, 5) is 29.7. The van der Waals surface area contributed by atoms with Crippen molar-refractivity contribution in [3.8, 4) is 0 Å². The van der Waals surface area contributed by atoms with E-state index in [1.54, 1.807) is 11.2 Å². The number of amides is 1. The van der Waals surface area contributed by atoms with Crippen molar-refractivity contribution in [2.75, 3.05) is 50.7 Å². The lowest BCUT2D eigenvalue weighted by Crippen LogP contribution is -3.14. The second-order valence-corrected chi connectivity index (χ2v) is 7.90. The van der Waals surface area contributed by atoms with Crippen LogP contribution in [0.25, 0.3) is 10.2 Å². The van der Waals surface area contributed by atoms with Crippen LogP contribution in [0, 0.1) is 6.92 Å². The average molecular weight is 377 g/mol. The van der Waals surface area contributed by atoms with E-state index in [0.717, 1.165) is 65.7 Å². The molecule has 0 spiro atoms. The molecule has 0 atom stereocenters. The van der Waals surface area contributed by atoms with E-state index in [1.807, 2.05) is 11.8 Å². The van der Waals surface area contributed by atoms with Gasteiger partial charge in [-0.2, -0.15) is 0 Å². The number of hydrogen-bond donors (Lipinski definition) is 1. The minimum Gasteiger partial charge on any atom is -0.357 e. The maximum atomic E-state index is 13.1. The molecule has 1 fully saturated rings. The molecular formula is C19H30N5OS+. The predicted molar refractivity (Wildman–Crippen MR) is 107 cm³/mol. The average Bonchev–Trinajstić information content (AvgIpc) is 3.00. The molecule has 6 nitrogen and oxygen atoms in total. The summed E-state index contributed by atoms with van der Waals surface area (Å²) in [5.74, 6) is 1.11. The van der Waals surface area contributed by atoms with Gasteiger partial charge in [-0.15, -0.1) is 11.3 Å². The molecule has 3 heterocycles. The Hall–Kier alpha value is -1.73. The molecule has 1 amide bonds. The van der Waals surface area contributed by atoms with Gasteiger partial charge in [-0.1, -0.05) is 6.92 Å². The SMILES string of the molecule is CCC[NH+]1CCN(C(=O)c2sc3ncnc(N(CC)CC)c3c2C)CC1. The van der Waals surface area contributed by atoms with Gasteiger partial charge in [0.25, 0.3) is 5.91 Å². The highest BCUT2D eigenvalue weighted by molar-refractivity contribution is 7.20. The highest BCUT2D eigenvalue weighted by Crippen LogP contribution is 2.35. The van der Waals surface area contributed by atoms with Gasteiger partial charge >= 0.3 is 0 Å². The molecular weight excluding hydrogens is 346 g/mol. The molecule has 1 aliphatic heterocycles. The molecule has 1 aliphatic rings. The fourth-order valence-corrected chi connectivity index (χ4v) is 4.90. The molecule has 0 unspecified atom stereocenters. The van der Waals surface area contributed by atoms with Gasteiger partial charge < -0.3 is 14.7 Å². The Labute approximate surface area is 159 Å². The third-order valence-corrected chi connectivity index (χ3v) is 6.51. The van der Waals surface area contributed by atoms with Crippen LogP contribution in [0.15, 0.2) is 6.33 Å². The second kappa shape index (κ2) is 8.31. The first-order valence-corrected chi connectivity index (χ1v) is 10.5. The number of nitrogens with one attached hydrogen (secondary N) is 1. The number of nitrogens with zero attached hydrogens (tertiary/aromatic N) is 4. The number of hydrogen-bond acceptors (Lipinski definition) is 5. The zero-order valence-corrected chi connectivity index (χ0v) is 17.2. The van der Waals surface area contributed by atoms with E-state index in [2.05, 4.69) is 35.6 Å². The topological polar surface area (TPSA) is 53.8 Å². The van der Waals surface area contributed by atoms with Gasteiger partial charge in [-0.3, -0.25) is 4.79 Å². The summed E-state index contributed by atoms with van der Waals surface area (Å²) in [6.07, 6.45) is 2.82. The zero-order chi connectivity index (χ0) is 18.7. The van der Waals surface area contributed by atoms with Crippen molar-refractivity contribution in [3.05, 3.63) is 16.8 Å². The Morgan fingerprint density at radius 2 is 1.92 bits per heavy atom. The number of aryl methyl sites for hydroxylation is 1. The molecule has 3 rings (SSSR count). The van der Waals surface area contributed by atoms with Crippen molar-refractivity contribution >= 4 is 33.3 Å². The van der Waals surface area contributed by atoms with E-state index in [-0.39, 0.29) is 5.91 Å². The van der Waals surface area contributed by atoms with E-state index < -0.39 is 0 Å². The third-order valence-electron chi connectivity index (χ3n) is 5.33. The van der Waals surface area contributed by atoms with Crippen LogP contribution >= 0.6 is 11.3 Å². The Morgan fingerprint density at radius 1 is 1.23 bits per heavy atom. The van der Waals surface area contributed by atoms with Crippen LogP contribution in [0.4, 0.5) is 5.82 Å². The lowest BCUT2D eigenvalue weighted by Gasteiger charge is -2.32. The van der Waals surface area contributed by atoms with Crippen molar-refractivity contribution in [2.24, 2.45) is 0 Å². The number of anilines is 1. The largest absolute Gasteiger partial charge is 0.357 e. The fourth-order valence-electron chi connectivity index (χ4n) is 3.79. The number of aromatic nitrogens is 2. The molecule has 0 aliphatic carbocycles. The number of piperazine rings is 1. The minimum atomic E-state index is 0.159. The van der Waals surface area contributed by atoms with Crippen LogP contribution in [0.1, 0.15) is 42.4 Å². The lowest BCUT2D eigenvalue weighted by atomic mass is 10.1. The molecule has 0 radical (unpaired) electrons. The Kier molecular flexibility index (Phi) is 6.09. The number of carbonyl (C=O) groups is 1. The van der Waals surface area contributed by atoms with Gasteiger partial charge in [0.15, 0.2) is 0 Å². The molecule has 1 saturated heterocycles.